The molecule has 0 bridgehead atoms. The number of thiocarbonyl (C=S) groups is 1. The molecule has 1 aliphatic rings. The molecule has 32 heavy (non-hydrogen) atoms. The van der Waals surface area contributed by atoms with Crippen molar-refractivity contribution < 1.29 is 14.3 Å². The van der Waals surface area contributed by atoms with Gasteiger partial charge in [0.15, 0.2) is 5.11 Å². The van der Waals surface area contributed by atoms with Gasteiger partial charge in [-0.3, -0.25) is 14.9 Å². The number of carbonyl (C=O) groups is 2. The quantitative estimate of drug-likeness (QED) is 0.519. The third kappa shape index (κ3) is 7.05. The number of hydrogen-bond acceptors (Lipinski definition) is 4. The van der Waals surface area contributed by atoms with Crippen LogP contribution in [0.1, 0.15) is 66.7 Å². The van der Waals surface area contributed by atoms with Gasteiger partial charge in [0.25, 0.3) is 11.8 Å². The van der Waals surface area contributed by atoms with Crippen molar-refractivity contribution in [3.05, 3.63) is 59.7 Å². The Morgan fingerprint density at radius 2 is 1.78 bits per heavy atom. The van der Waals surface area contributed by atoms with E-state index in [1.165, 1.54) is 6.42 Å². The lowest BCUT2D eigenvalue weighted by Crippen LogP contribution is -2.36. The number of anilines is 1. The standard InChI is InChI=1S/C25H31N3O3S/c1-17(2)16-31-22-14-7-6-13-21(22)24(30)28-25(32)27-20-12-8-9-18(15-20)23(29)26-19-10-4-3-5-11-19/h6-9,12-15,17,19H,3-5,10-11,16H2,1-2H3,(H,26,29)(H2,27,28,30,32). The Hall–Kier alpha value is -2.93. The Balaban J connectivity index is 1.59. The monoisotopic (exact) mass is 453 g/mol. The van der Waals surface area contributed by atoms with Gasteiger partial charge >= 0.3 is 0 Å². The molecular weight excluding hydrogens is 422 g/mol. The molecule has 3 rings (SSSR count). The molecule has 6 nitrogen and oxygen atoms in total. The first-order valence-corrected chi connectivity index (χ1v) is 11.6. The zero-order valence-corrected chi connectivity index (χ0v) is 19.5. The number of ether oxygens (including phenoxy) is 1. The largest absolute Gasteiger partial charge is 0.492 e. The summed E-state index contributed by atoms with van der Waals surface area (Å²) in [7, 11) is 0. The number of amides is 2. The maximum absolute atomic E-state index is 12.7. The molecule has 0 radical (unpaired) electrons. The number of benzene rings is 2. The highest BCUT2D eigenvalue weighted by Crippen LogP contribution is 2.20. The van der Waals surface area contributed by atoms with Crippen molar-refractivity contribution in [3.8, 4) is 5.75 Å². The molecule has 3 N–H and O–H groups in total. The lowest BCUT2D eigenvalue weighted by Gasteiger charge is -2.22. The molecule has 170 valence electrons. The molecule has 0 spiro atoms. The Kier molecular flexibility index (Phi) is 8.62. The van der Waals surface area contributed by atoms with Gasteiger partial charge in [-0.15, -0.1) is 0 Å². The van der Waals surface area contributed by atoms with Gasteiger partial charge in [-0.25, -0.2) is 0 Å². The summed E-state index contributed by atoms with van der Waals surface area (Å²) in [5.41, 5.74) is 1.61. The summed E-state index contributed by atoms with van der Waals surface area (Å²) in [5.74, 6) is 0.416. The van der Waals surface area contributed by atoms with Crippen molar-refractivity contribution in [3.63, 3.8) is 0 Å². The predicted octanol–water partition coefficient (Wildman–Crippen LogP) is 4.91. The summed E-state index contributed by atoms with van der Waals surface area (Å²) in [5, 5.41) is 8.94. The SMILES string of the molecule is CC(C)COc1ccccc1C(=O)NC(=S)Nc1cccc(C(=O)NC2CCCCC2)c1. The van der Waals surface area contributed by atoms with E-state index in [9.17, 15) is 9.59 Å². The van der Waals surface area contributed by atoms with E-state index >= 15 is 0 Å². The van der Waals surface area contributed by atoms with Crippen LogP contribution in [0.25, 0.3) is 0 Å². The second kappa shape index (κ2) is 11.6. The zero-order valence-electron chi connectivity index (χ0n) is 18.6. The van der Waals surface area contributed by atoms with Gasteiger partial charge < -0.3 is 15.4 Å². The average molecular weight is 454 g/mol. The Bertz CT molecular complexity index is 955. The van der Waals surface area contributed by atoms with Crippen LogP contribution in [0.2, 0.25) is 0 Å². The van der Waals surface area contributed by atoms with Crippen LogP contribution in [-0.2, 0) is 0 Å². The van der Waals surface area contributed by atoms with Crippen LogP contribution in [0.3, 0.4) is 0 Å². The predicted molar refractivity (Wildman–Crippen MR) is 131 cm³/mol. The van der Waals surface area contributed by atoms with E-state index in [4.69, 9.17) is 17.0 Å². The third-order valence-electron chi connectivity index (χ3n) is 5.25. The molecule has 1 saturated carbocycles. The second-order valence-corrected chi connectivity index (χ2v) is 8.91. The number of nitrogens with one attached hydrogen (secondary N) is 3. The minimum absolute atomic E-state index is 0.0910. The summed E-state index contributed by atoms with van der Waals surface area (Å²) in [4.78, 5) is 25.3. The van der Waals surface area contributed by atoms with Crippen molar-refractivity contribution in [2.45, 2.75) is 52.0 Å². The van der Waals surface area contributed by atoms with Crippen LogP contribution in [0.4, 0.5) is 5.69 Å². The van der Waals surface area contributed by atoms with Crippen molar-refractivity contribution in [2.24, 2.45) is 5.92 Å². The molecule has 1 fully saturated rings. The number of hydrogen-bond donors (Lipinski definition) is 3. The van der Waals surface area contributed by atoms with E-state index in [2.05, 4.69) is 16.0 Å². The van der Waals surface area contributed by atoms with E-state index < -0.39 is 0 Å². The first-order chi connectivity index (χ1) is 15.4. The lowest BCUT2D eigenvalue weighted by atomic mass is 9.95. The number of rotatable bonds is 7. The Morgan fingerprint density at radius 1 is 1.03 bits per heavy atom. The minimum atomic E-state index is -0.354. The Labute approximate surface area is 195 Å². The summed E-state index contributed by atoms with van der Waals surface area (Å²) in [6.07, 6.45) is 5.62. The third-order valence-corrected chi connectivity index (χ3v) is 5.46. The molecule has 2 amide bonds. The summed E-state index contributed by atoms with van der Waals surface area (Å²) >= 11 is 5.32. The maximum atomic E-state index is 12.7. The highest BCUT2D eigenvalue weighted by atomic mass is 32.1. The normalized spacial score (nSPS) is 14.0. The molecule has 0 atom stereocenters. The van der Waals surface area contributed by atoms with E-state index in [-0.39, 0.29) is 23.0 Å². The Morgan fingerprint density at radius 3 is 2.53 bits per heavy atom. The van der Waals surface area contributed by atoms with Crippen molar-refractivity contribution in [2.75, 3.05) is 11.9 Å². The first-order valence-electron chi connectivity index (χ1n) is 11.2. The van der Waals surface area contributed by atoms with E-state index in [0.717, 1.165) is 25.7 Å². The minimum Gasteiger partial charge on any atom is -0.492 e. The molecule has 7 heteroatoms. The molecular formula is C25H31N3O3S. The van der Waals surface area contributed by atoms with Gasteiger partial charge in [0.2, 0.25) is 0 Å². The van der Waals surface area contributed by atoms with Crippen molar-refractivity contribution >= 4 is 34.8 Å². The van der Waals surface area contributed by atoms with Crippen LogP contribution in [0, 0.1) is 5.92 Å². The average Bonchev–Trinajstić information content (AvgIpc) is 2.78. The van der Waals surface area contributed by atoms with Crippen molar-refractivity contribution in [1.82, 2.24) is 10.6 Å². The fourth-order valence-electron chi connectivity index (χ4n) is 3.62. The fourth-order valence-corrected chi connectivity index (χ4v) is 3.83. The van der Waals surface area contributed by atoms with E-state index in [0.29, 0.717) is 35.1 Å². The number of para-hydroxylation sites is 1. The highest BCUT2D eigenvalue weighted by Gasteiger charge is 2.17. The van der Waals surface area contributed by atoms with Gasteiger partial charge in [-0.05, 0) is 61.3 Å². The summed E-state index contributed by atoms with van der Waals surface area (Å²) in [6, 6.07) is 14.4. The van der Waals surface area contributed by atoms with Crippen LogP contribution in [0.15, 0.2) is 48.5 Å². The smallest absolute Gasteiger partial charge is 0.261 e. The van der Waals surface area contributed by atoms with Crippen molar-refractivity contribution in [1.29, 1.82) is 0 Å². The summed E-state index contributed by atoms with van der Waals surface area (Å²) in [6.45, 7) is 4.61. The number of carbonyl (C=O) groups excluding carboxylic acids is 2. The molecule has 0 aromatic heterocycles. The van der Waals surface area contributed by atoms with E-state index in [1.54, 1.807) is 42.5 Å². The fraction of sp³-hybridized carbons (Fsp3) is 0.400. The van der Waals surface area contributed by atoms with Crippen LogP contribution in [0.5, 0.6) is 5.75 Å². The topological polar surface area (TPSA) is 79.5 Å². The molecule has 0 unspecified atom stereocenters. The van der Waals surface area contributed by atoms with Gasteiger partial charge in [-0.1, -0.05) is 51.3 Å². The van der Waals surface area contributed by atoms with Gasteiger partial charge in [-0.2, -0.15) is 0 Å². The molecule has 0 heterocycles. The van der Waals surface area contributed by atoms with Gasteiger partial charge in [0.05, 0.1) is 12.2 Å². The molecule has 0 saturated heterocycles. The highest BCUT2D eigenvalue weighted by molar-refractivity contribution is 7.80. The van der Waals surface area contributed by atoms with Crippen LogP contribution >= 0.6 is 12.2 Å². The zero-order chi connectivity index (χ0) is 22.9. The van der Waals surface area contributed by atoms with E-state index in [1.807, 2.05) is 19.9 Å². The molecule has 2 aromatic rings. The van der Waals surface area contributed by atoms with Gasteiger partial charge in [0, 0.05) is 17.3 Å². The summed E-state index contributed by atoms with van der Waals surface area (Å²) < 4.78 is 5.75. The second-order valence-electron chi connectivity index (χ2n) is 8.50. The van der Waals surface area contributed by atoms with Gasteiger partial charge in [0.1, 0.15) is 5.75 Å². The molecule has 0 aliphatic heterocycles. The lowest BCUT2D eigenvalue weighted by molar-refractivity contribution is 0.0926. The molecule has 2 aromatic carbocycles. The first kappa shape index (κ1) is 23.7. The molecule has 1 aliphatic carbocycles. The van der Waals surface area contributed by atoms with Crippen LogP contribution < -0.4 is 20.7 Å². The van der Waals surface area contributed by atoms with Crippen LogP contribution in [-0.4, -0.2) is 29.6 Å². The maximum Gasteiger partial charge on any atom is 0.261 e.